The maximum absolute atomic E-state index is 11.9. The highest BCUT2D eigenvalue weighted by atomic mass is 16.2. The standard InChI is InChI=1S/C13H27N3O/c1-10(13(2,3)4)15-12(17)9-16-7-5-11(14)6-8-16/h10-11H,5-9,14H2,1-4H3,(H,15,17). The second-order valence-electron chi connectivity index (χ2n) is 6.27. The van der Waals surface area contributed by atoms with Gasteiger partial charge in [0.1, 0.15) is 0 Å². The predicted octanol–water partition coefficient (Wildman–Crippen LogP) is 0.960. The zero-order valence-electron chi connectivity index (χ0n) is 11.6. The summed E-state index contributed by atoms with van der Waals surface area (Å²) in [6.45, 7) is 10.9. The van der Waals surface area contributed by atoms with E-state index in [-0.39, 0.29) is 17.4 Å². The zero-order valence-corrected chi connectivity index (χ0v) is 11.6. The Morgan fingerprint density at radius 1 is 1.41 bits per heavy atom. The maximum Gasteiger partial charge on any atom is 0.234 e. The highest BCUT2D eigenvalue weighted by Crippen LogP contribution is 2.18. The molecule has 17 heavy (non-hydrogen) atoms. The number of nitrogens with zero attached hydrogens (tertiary/aromatic N) is 1. The number of carbonyl (C=O) groups is 1. The molecular weight excluding hydrogens is 214 g/mol. The first-order valence-corrected chi connectivity index (χ1v) is 6.56. The molecule has 1 aliphatic heterocycles. The molecule has 1 heterocycles. The third kappa shape index (κ3) is 5.04. The van der Waals surface area contributed by atoms with Crippen LogP contribution in [-0.2, 0) is 4.79 Å². The summed E-state index contributed by atoms with van der Waals surface area (Å²) in [5.74, 6) is 0.128. The lowest BCUT2D eigenvalue weighted by atomic mass is 9.88. The fourth-order valence-corrected chi connectivity index (χ4v) is 1.82. The minimum atomic E-state index is 0.111. The number of nitrogens with one attached hydrogen (secondary N) is 1. The minimum absolute atomic E-state index is 0.111. The number of nitrogens with two attached hydrogens (primary N) is 1. The summed E-state index contributed by atoms with van der Waals surface area (Å²) in [6.07, 6.45) is 2.00. The zero-order chi connectivity index (χ0) is 13.1. The van der Waals surface area contributed by atoms with E-state index >= 15 is 0 Å². The Hall–Kier alpha value is -0.610. The Balaban J connectivity index is 2.30. The third-order valence-electron chi connectivity index (χ3n) is 3.68. The smallest absolute Gasteiger partial charge is 0.234 e. The lowest BCUT2D eigenvalue weighted by Crippen LogP contribution is -2.48. The second-order valence-corrected chi connectivity index (χ2v) is 6.27. The summed E-state index contributed by atoms with van der Waals surface area (Å²) in [5.41, 5.74) is 5.95. The molecule has 1 fully saturated rings. The van der Waals surface area contributed by atoms with E-state index in [4.69, 9.17) is 5.73 Å². The molecule has 4 heteroatoms. The molecule has 0 spiro atoms. The van der Waals surface area contributed by atoms with E-state index < -0.39 is 0 Å². The van der Waals surface area contributed by atoms with Crippen molar-refractivity contribution < 1.29 is 4.79 Å². The van der Waals surface area contributed by atoms with Gasteiger partial charge in [0, 0.05) is 25.2 Å². The molecule has 0 saturated carbocycles. The van der Waals surface area contributed by atoms with Crippen molar-refractivity contribution in [1.82, 2.24) is 10.2 Å². The largest absolute Gasteiger partial charge is 0.352 e. The second kappa shape index (κ2) is 5.83. The molecule has 0 bridgehead atoms. The Labute approximate surface area is 105 Å². The molecule has 3 N–H and O–H groups in total. The van der Waals surface area contributed by atoms with E-state index in [9.17, 15) is 4.79 Å². The first-order chi connectivity index (χ1) is 7.79. The molecule has 0 aromatic carbocycles. The quantitative estimate of drug-likeness (QED) is 0.774. The molecular formula is C13H27N3O. The van der Waals surface area contributed by atoms with E-state index in [0.717, 1.165) is 25.9 Å². The molecule has 1 unspecified atom stereocenters. The van der Waals surface area contributed by atoms with Crippen LogP contribution in [0.3, 0.4) is 0 Å². The topological polar surface area (TPSA) is 58.4 Å². The Morgan fingerprint density at radius 3 is 2.41 bits per heavy atom. The molecule has 1 rings (SSSR count). The van der Waals surface area contributed by atoms with Crippen molar-refractivity contribution in [3.63, 3.8) is 0 Å². The van der Waals surface area contributed by atoms with Gasteiger partial charge in [0.15, 0.2) is 0 Å². The highest BCUT2D eigenvalue weighted by molar-refractivity contribution is 5.78. The molecule has 100 valence electrons. The van der Waals surface area contributed by atoms with Crippen molar-refractivity contribution in [3.8, 4) is 0 Å². The molecule has 0 aromatic heterocycles. The van der Waals surface area contributed by atoms with Crippen molar-refractivity contribution in [2.75, 3.05) is 19.6 Å². The number of hydrogen-bond acceptors (Lipinski definition) is 3. The average molecular weight is 241 g/mol. The lowest BCUT2D eigenvalue weighted by molar-refractivity contribution is -0.123. The van der Waals surface area contributed by atoms with Gasteiger partial charge in [-0.3, -0.25) is 9.69 Å². The number of piperidine rings is 1. The summed E-state index contributed by atoms with van der Waals surface area (Å²) < 4.78 is 0. The van der Waals surface area contributed by atoms with Gasteiger partial charge < -0.3 is 11.1 Å². The summed E-state index contributed by atoms with van der Waals surface area (Å²) in [6, 6.07) is 0.518. The lowest BCUT2D eigenvalue weighted by Gasteiger charge is -2.32. The van der Waals surface area contributed by atoms with Crippen LogP contribution in [0.5, 0.6) is 0 Å². The van der Waals surface area contributed by atoms with Gasteiger partial charge in [-0.25, -0.2) is 0 Å². The number of carbonyl (C=O) groups excluding carboxylic acids is 1. The molecule has 1 aliphatic rings. The van der Waals surface area contributed by atoms with Gasteiger partial charge in [0.2, 0.25) is 5.91 Å². The molecule has 1 amide bonds. The van der Waals surface area contributed by atoms with E-state index in [0.29, 0.717) is 12.6 Å². The number of likely N-dealkylation sites (tertiary alicyclic amines) is 1. The number of rotatable bonds is 3. The average Bonchev–Trinajstić information content (AvgIpc) is 2.20. The van der Waals surface area contributed by atoms with Crippen LogP contribution in [0.1, 0.15) is 40.5 Å². The van der Waals surface area contributed by atoms with Crippen LogP contribution >= 0.6 is 0 Å². The van der Waals surface area contributed by atoms with Crippen LogP contribution in [0.2, 0.25) is 0 Å². The van der Waals surface area contributed by atoms with Crippen molar-refractivity contribution >= 4 is 5.91 Å². The van der Waals surface area contributed by atoms with Crippen molar-refractivity contribution in [3.05, 3.63) is 0 Å². The summed E-state index contributed by atoms with van der Waals surface area (Å²) >= 11 is 0. The van der Waals surface area contributed by atoms with Gasteiger partial charge in [-0.2, -0.15) is 0 Å². The van der Waals surface area contributed by atoms with Crippen LogP contribution in [0.15, 0.2) is 0 Å². The van der Waals surface area contributed by atoms with Gasteiger partial charge >= 0.3 is 0 Å². The van der Waals surface area contributed by atoms with Gasteiger partial charge in [0.25, 0.3) is 0 Å². The monoisotopic (exact) mass is 241 g/mol. The Kier molecular flexibility index (Phi) is 4.95. The SMILES string of the molecule is CC(NC(=O)CN1CCC(N)CC1)C(C)(C)C. The van der Waals surface area contributed by atoms with Gasteiger partial charge in [-0.05, 0) is 25.2 Å². The van der Waals surface area contributed by atoms with E-state index in [2.05, 4.69) is 37.9 Å². The Bertz CT molecular complexity index is 252. The molecule has 4 nitrogen and oxygen atoms in total. The number of hydrogen-bond donors (Lipinski definition) is 2. The predicted molar refractivity (Wildman–Crippen MR) is 70.7 cm³/mol. The minimum Gasteiger partial charge on any atom is -0.352 e. The third-order valence-corrected chi connectivity index (χ3v) is 3.68. The molecule has 1 atom stereocenters. The molecule has 0 aliphatic carbocycles. The van der Waals surface area contributed by atoms with Crippen LogP contribution in [0.4, 0.5) is 0 Å². The Morgan fingerprint density at radius 2 is 1.94 bits per heavy atom. The van der Waals surface area contributed by atoms with Gasteiger partial charge in [-0.1, -0.05) is 20.8 Å². The summed E-state index contributed by atoms with van der Waals surface area (Å²) in [4.78, 5) is 14.1. The van der Waals surface area contributed by atoms with Crippen molar-refractivity contribution in [2.24, 2.45) is 11.1 Å². The van der Waals surface area contributed by atoms with Crippen LogP contribution in [-0.4, -0.2) is 42.5 Å². The van der Waals surface area contributed by atoms with Gasteiger partial charge in [-0.15, -0.1) is 0 Å². The first kappa shape index (κ1) is 14.5. The van der Waals surface area contributed by atoms with Crippen molar-refractivity contribution in [1.29, 1.82) is 0 Å². The normalized spacial score (nSPS) is 21.2. The van der Waals surface area contributed by atoms with Crippen molar-refractivity contribution in [2.45, 2.75) is 52.6 Å². The molecule has 0 aromatic rings. The van der Waals surface area contributed by atoms with E-state index in [1.54, 1.807) is 0 Å². The van der Waals surface area contributed by atoms with E-state index in [1.165, 1.54) is 0 Å². The summed E-state index contributed by atoms with van der Waals surface area (Å²) in [7, 11) is 0. The molecule has 1 saturated heterocycles. The van der Waals surface area contributed by atoms with Gasteiger partial charge in [0.05, 0.1) is 6.54 Å². The van der Waals surface area contributed by atoms with Crippen LogP contribution < -0.4 is 11.1 Å². The molecule has 0 radical (unpaired) electrons. The first-order valence-electron chi connectivity index (χ1n) is 6.56. The maximum atomic E-state index is 11.9. The van der Waals surface area contributed by atoms with Crippen LogP contribution in [0, 0.1) is 5.41 Å². The van der Waals surface area contributed by atoms with E-state index in [1.807, 2.05) is 0 Å². The van der Waals surface area contributed by atoms with Crippen LogP contribution in [0.25, 0.3) is 0 Å². The fraction of sp³-hybridized carbons (Fsp3) is 0.923. The highest BCUT2D eigenvalue weighted by Gasteiger charge is 2.23. The fourth-order valence-electron chi connectivity index (χ4n) is 1.82. The summed E-state index contributed by atoms with van der Waals surface area (Å²) in [5, 5.41) is 3.07. The number of amides is 1.